The van der Waals surface area contributed by atoms with Crippen LogP contribution in [-0.4, -0.2) is 24.0 Å². The van der Waals surface area contributed by atoms with Gasteiger partial charge in [0, 0.05) is 13.1 Å². The van der Waals surface area contributed by atoms with Crippen LogP contribution >= 0.6 is 11.8 Å². The lowest BCUT2D eigenvalue weighted by molar-refractivity contribution is -0.120. The summed E-state index contributed by atoms with van der Waals surface area (Å²) >= 11 is 1.98. The van der Waals surface area contributed by atoms with Gasteiger partial charge in [-0.2, -0.15) is 11.8 Å². The Kier molecular flexibility index (Phi) is 5.08. The van der Waals surface area contributed by atoms with E-state index in [0.29, 0.717) is 18.9 Å². The second-order valence-electron chi connectivity index (χ2n) is 4.68. The van der Waals surface area contributed by atoms with E-state index in [2.05, 4.69) is 5.32 Å². The molecule has 0 aromatic heterocycles. The van der Waals surface area contributed by atoms with Gasteiger partial charge in [0.25, 0.3) is 0 Å². The monoisotopic (exact) mass is 264 g/mol. The maximum atomic E-state index is 11.9. The van der Waals surface area contributed by atoms with Crippen molar-refractivity contribution in [3.05, 3.63) is 35.4 Å². The van der Waals surface area contributed by atoms with Crippen molar-refractivity contribution in [3.63, 3.8) is 0 Å². The summed E-state index contributed by atoms with van der Waals surface area (Å²) in [7, 11) is 0. The number of amides is 1. The first-order valence-electron chi connectivity index (χ1n) is 6.41. The molecule has 2 rings (SSSR count). The van der Waals surface area contributed by atoms with Crippen LogP contribution < -0.4 is 11.1 Å². The van der Waals surface area contributed by atoms with Gasteiger partial charge in [0.15, 0.2) is 0 Å². The van der Waals surface area contributed by atoms with E-state index in [-0.39, 0.29) is 5.91 Å². The molecule has 98 valence electrons. The van der Waals surface area contributed by atoms with Gasteiger partial charge in [0.05, 0.1) is 6.42 Å². The Balaban J connectivity index is 1.82. The average molecular weight is 264 g/mol. The van der Waals surface area contributed by atoms with E-state index in [1.165, 1.54) is 17.9 Å². The molecule has 3 N–H and O–H groups in total. The van der Waals surface area contributed by atoms with E-state index in [9.17, 15) is 4.79 Å². The Morgan fingerprint density at radius 1 is 1.39 bits per heavy atom. The number of nitrogens with two attached hydrogens (primary N) is 1. The first-order chi connectivity index (χ1) is 8.79. The highest BCUT2D eigenvalue weighted by atomic mass is 32.2. The lowest BCUT2D eigenvalue weighted by Crippen LogP contribution is -2.30. The summed E-state index contributed by atoms with van der Waals surface area (Å²) in [6.45, 7) is 1.30. The molecule has 3 nitrogen and oxygen atoms in total. The zero-order valence-electron chi connectivity index (χ0n) is 10.5. The molecule has 1 unspecified atom stereocenters. The van der Waals surface area contributed by atoms with Crippen molar-refractivity contribution < 1.29 is 4.79 Å². The molecule has 0 aliphatic carbocycles. The van der Waals surface area contributed by atoms with Gasteiger partial charge in [-0.15, -0.1) is 0 Å². The Hall–Kier alpha value is -1.00. The van der Waals surface area contributed by atoms with Crippen molar-refractivity contribution in [1.82, 2.24) is 5.32 Å². The largest absolute Gasteiger partial charge is 0.356 e. The molecule has 1 aromatic rings. The molecular formula is C14H20N2OS. The minimum atomic E-state index is 0.104. The summed E-state index contributed by atoms with van der Waals surface area (Å²) in [4.78, 5) is 11.9. The highest BCUT2D eigenvalue weighted by molar-refractivity contribution is 7.99. The van der Waals surface area contributed by atoms with Crippen molar-refractivity contribution >= 4 is 17.7 Å². The molecule has 1 aliphatic heterocycles. The summed E-state index contributed by atoms with van der Waals surface area (Å²) in [6.07, 6.45) is 1.66. The average Bonchev–Trinajstić information content (AvgIpc) is 2.90. The maximum absolute atomic E-state index is 11.9. The van der Waals surface area contributed by atoms with Gasteiger partial charge >= 0.3 is 0 Å². The molecule has 0 spiro atoms. The highest BCUT2D eigenvalue weighted by Gasteiger charge is 2.16. The van der Waals surface area contributed by atoms with E-state index < -0.39 is 0 Å². The predicted molar refractivity (Wildman–Crippen MR) is 76.5 cm³/mol. The smallest absolute Gasteiger partial charge is 0.224 e. The fraction of sp³-hybridized carbons (Fsp3) is 0.500. The first kappa shape index (κ1) is 13.4. The Labute approximate surface area is 113 Å². The summed E-state index contributed by atoms with van der Waals surface area (Å²) in [5.41, 5.74) is 7.76. The SMILES string of the molecule is NCc1ccccc1CC(=O)NCC1CCSC1. The summed E-state index contributed by atoms with van der Waals surface area (Å²) in [5.74, 6) is 3.17. The Morgan fingerprint density at radius 2 is 2.17 bits per heavy atom. The van der Waals surface area contributed by atoms with Crippen LogP contribution in [0.4, 0.5) is 0 Å². The molecule has 0 bridgehead atoms. The second-order valence-corrected chi connectivity index (χ2v) is 5.83. The topological polar surface area (TPSA) is 55.1 Å². The third-order valence-electron chi connectivity index (χ3n) is 3.30. The van der Waals surface area contributed by atoms with Crippen LogP contribution in [0.15, 0.2) is 24.3 Å². The number of carbonyl (C=O) groups is 1. The lowest BCUT2D eigenvalue weighted by Gasteiger charge is -2.11. The van der Waals surface area contributed by atoms with Gasteiger partial charge in [-0.25, -0.2) is 0 Å². The Morgan fingerprint density at radius 3 is 2.83 bits per heavy atom. The quantitative estimate of drug-likeness (QED) is 0.848. The summed E-state index contributed by atoms with van der Waals surface area (Å²) in [6, 6.07) is 7.87. The molecule has 1 heterocycles. The lowest BCUT2D eigenvalue weighted by atomic mass is 10.0. The molecule has 1 aliphatic rings. The zero-order valence-corrected chi connectivity index (χ0v) is 11.3. The van der Waals surface area contributed by atoms with Crippen molar-refractivity contribution in [3.8, 4) is 0 Å². The van der Waals surface area contributed by atoms with Crippen LogP contribution in [0.25, 0.3) is 0 Å². The third-order valence-corrected chi connectivity index (χ3v) is 4.53. The van der Waals surface area contributed by atoms with Gasteiger partial charge < -0.3 is 11.1 Å². The van der Waals surface area contributed by atoms with Gasteiger partial charge in [0.1, 0.15) is 0 Å². The van der Waals surface area contributed by atoms with Crippen molar-refractivity contribution in [2.75, 3.05) is 18.1 Å². The number of benzene rings is 1. The maximum Gasteiger partial charge on any atom is 0.224 e. The van der Waals surface area contributed by atoms with E-state index in [0.717, 1.165) is 17.7 Å². The summed E-state index contributed by atoms with van der Waals surface area (Å²) < 4.78 is 0. The molecule has 0 radical (unpaired) electrons. The van der Waals surface area contributed by atoms with Crippen LogP contribution in [-0.2, 0) is 17.8 Å². The van der Waals surface area contributed by atoms with Gasteiger partial charge in [-0.1, -0.05) is 24.3 Å². The molecule has 18 heavy (non-hydrogen) atoms. The summed E-state index contributed by atoms with van der Waals surface area (Å²) in [5, 5.41) is 3.03. The van der Waals surface area contributed by atoms with Crippen molar-refractivity contribution in [1.29, 1.82) is 0 Å². The van der Waals surface area contributed by atoms with Crippen LogP contribution in [0.1, 0.15) is 17.5 Å². The number of nitrogens with one attached hydrogen (secondary N) is 1. The minimum absolute atomic E-state index is 0.104. The first-order valence-corrected chi connectivity index (χ1v) is 7.56. The van der Waals surface area contributed by atoms with E-state index in [4.69, 9.17) is 5.73 Å². The van der Waals surface area contributed by atoms with Crippen LogP contribution in [0, 0.1) is 5.92 Å². The van der Waals surface area contributed by atoms with Crippen molar-refractivity contribution in [2.24, 2.45) is 11.7 Å². The fourth-order valence-electron chi connectivity index (χ4n) is 2.17. The molecule has 1 fully saturated rings. The number of hydrogen-bond donors (Lipinski definition) is 2. The highest BCUT2D eigenvalue weighted by Crippen LogP contribution is 2.22. The predicted octanol–water partition coefficient (Wildman–Crippen LogP) is 1.56. The van der Waals surface area contributed by atoms with Gasteiger partial charge in [-0.05, 0) is 35.0 Å². The van der Waals surface area contributed by atoms with Crippen LogP contribution in [0.2, 0.25) is 0 Å². The zero-order chi connectivity index (χ0) is 12.8. The molecule has 0 saturated carbocycles. The van der Waals surface area contributed by atoms with Crippen LogP contribution in [0.3, 0.4) is 0 Å². The van der Waals surface area contributed by atoms with Crippen molar-refractivity contribution in [2.45, 2.75) is 19.4 Å². The molecule has 4 heteroatoms. The third kappa shape index (κ3) is 3.75. The number of thioether (sulfide) groups is 1. The van der Waals surface area contributed by atoms with E-state index >= 15 is 0 Å². The van der Waals surface area contributed by atoms with Gasteiger partial charge in [-0.3, -0.25) is 4.79 Å². The molecule has 1 saturated heterocycles. The fourth-order valence-corrected chi connectivity index (χ4v) is 3.45. The number of rotatable bonds is 5. The molecule has 1 atom stereocenters. The normalized spacial score (nSPS) is 18.8. The molecule has 1 aromatic carbocycles. The van der Waals surface area contributed by atoms with E-state index in [1.807, 2.05) is 36.0 Å². The Bertz CT molecular complexity index is 403. The van der Waals surface area contributed by atoms with Gasteiger partial charge in [0.2, 0.25) is 5.91 Å². The molecule has 1 amide bonds. The minimum Gasteiger partial charge on any atom is -0.356 e. The van der Waals surface area contributed by atoms with Crippen LogP contribution in [0.5, 0.6) is 0 Å². The second kappa shape index (κ2) is 6.81. The number of carbonyl (C=O) groups excluding carboxylic acids is 1. The van der Waals surface area contributed by atoms with E-state index in [1.54, 1.807) is 0 Å². The number of hydrogen-bond acceptors (Lipinski definition) is 3. The molecular weight excluding hydrogens is 244 g/mol. The standard InChI is InChI=1S/C14H20N2OS/c15-8-13-4-2-1-3-12(13)7-14(17)16-9-11-5-6-18-10-11/h1-4,11H,5-10,15H2,(H,16,17).